The highest BCUT2D eigenvalue weighted by Gasteiger charge is 2.51. The van der Waals surface area contributed by atoms with E-state index in [0.29, 0.717) is 43.7 Å². The molecule has 1 aromatic carbocycles. The van der Waals surface area contributed by atoms with Crippen LogP contribution in [0.5, 0.6) is 5.75 Å². The summed E-state index contributed by atoms with van der Waals surface area (Å²) in [5.74, 6) is -1.04. The van der Waals surface area contributed by atoms with Gasteiger partial charge in [-0.15, -0.1) is 0 Å². The SMILES string of the molecule is CCOc1ccccc1C(=O)NCCCC(=O)NC1(C(=O)O)CC1. The van der Waals surface area contributed by atoms with Gasteiger partial charge in [-0.05, 0) is 38.3 Å². The van der Waals surface area contributed by atoms with Crippen molar-refractivity contribution >= 4 is 17.8 Å². The maximum absolute atomic E-state index is 12.1. The number of hydrogen-bond donors (Lipinski definition) is 3. The Kier molecular flexibility index (Phi) is 5.78. The minimum atomic E-state index is -1.06. The molecule has 0 radical (unpaired) electrons. The van der Waals surface area contributed by atoms with E-state index >= 15 is 0 Å². The summed E-state index contributed by atoms with van der Waals surface area (Å²) in [7, 11) is 0. The lowest BCUT2D eigenvalue weighted by Gasteiger charge is -2.13. The molecule has 0 unspecified atom stereocenters. The van der Waals surface area contributed by atoms with Crippen LogP contribution in [0, 0.1) is 0 Å². The first-order valence-corrected chi connectivity index (χ1v) is 8.03. The monoisotopic (exact) mass is 334 g/mol. The van der Waals surface area contributed by atoms with Crippen LogP contribution in [0.25, 0.3) is 0 Å². The van der Waals surface area contributed by atoms with Gasteiger partial charge in [0.15, 0.2) is 0 Å². The molecule has 0 atom stereocenters. The third-order valence-electron chi connectivity index (χ3n) is 3.84. The van der Waals surface area contributed by atoms with Crippen molar-refractivity contribution in [2.24, 2.45) is 0 Å². The fourth-order valence-corrected chi connectivity index (χ4v) is 2.33. The summed E-state index contributed by atoms with van der Waals surface area (Å²) in [6.07, 6.45) is 1.55. The molecular formula is C17H22N2O5. The standard InChI is InChI=1S/C17H22N2O5/c1-2-24-13-7-4-3-6-12(13)15(21)18-11-5-8-14(20)19-17(9-10-17)16(22)23/h3-4,6-7H,2,5,8-11H2,1H3,(H,18,21)(H,19,20)(H,22,23). The van der Waals surface area contributed by atoms with Crippen molar-refractivity contribution in [3.63, 3.8) is 0 Å². The van der Waals surface area contributed by atoms with Gasteiger partial charge < -0.3 is 20.5 Å². The Hall–Kier alpha value is -2.57. The van der Waals surface area contributed by atoms with Gasteiger partial charge in [-0.2, -0.15) is 0 Å². The molecule has 1 aliphatic carbocycles. The van der Waals surface area contributed by atoms with E-state index in [-0.39, 0.29) is 18.2 Å². The number of ether oxygens (including phenoxy) is 1. The van der Waals surface area contributed by atoms with Gasteiger partial charge in [0.25, 0.3) is 5.91 Å². The van der Waals surface area contributed by atoms with Crippen LogP contribution < -0.4 is 15.4 Å². The molecule has 2 amide bonds. The second kappa shape index (κ2) is 7.81. The Morgan fingerprint density at radius 1 is 1.25 bits per heavy atom. The summed E-state index contributed by atoms with van der Waals surface area (Å²) in [6, 6.07) is 6.96. The Morgan fingerprint density at radius 3 is 2.58 bits per heavy atom. The van der Waals surface area contributed by atoms with Crippen LogP contribution in [0.3, 0.4) is 0 Å². The molecule has 1 aromatic rings. The lowest BCUT2D eigenvalue weighted by Crippen LogP contribution is -2.43. The average Bonchev–Trinajstić information content (AvgIpc) is 3.33. The minimum Gasteiger partial charge on any atom is -0.493 e. The van der Waals surface area contributed by atoms with Crippen LogP contribution >= 0.6 is 0 Å². The van der Waals surface area contributed by atoms with Crippen molar-refractivity contribution in [3.05, 3.63) is 29.8 Å². The van der Waals surface area contributed by atoms with Crippen molar-refractivity contribution < 1.29 is 24.2 Å². The molecule has 7 heteroatoms. The molecule has 3 N–H and O–H groups in total. The molecule has 0 aliphatic heterocycles. The van der Waals surface area contributed by atoms with Crippen molar-refractivity contribution in [1.29, 1.82) is 0 Å². The fraction of sp³-hybridized carbons (Fsp3) is 0.471. The number of carbonyl (C=O) groups is 3. The molecule has 0 bridgehead atoms. The Morgan fingerprint density at radius 2 is 1.96 bits per heavy atom. The summed E-state index contributed by atoms with van der Waals surface area (Å²) < 4.78 is 5.41. The first kappa shape index (κ1) is 17.8. The zero-order chi connectivity index (χ0) is 17.6. The molecule has 2 rings (SSSR count). The molecule has 7 nitrogen and oxygen atoms in total. The smallest absolute Gasteiger partial charge is 0.329 e. The van der Waals surface area contributed by atoms with Crippen LogP contribution in [-0.2, 0) is 9.59 Å². The predicted molar refractivity (Wildman–Crippen MR) is 86.9 cm³/mol. The highest BCUT2D eigenvalue weighted by Crippen LogP contribution is 2.35. The topological polar surface area (TPSA) is 105 Å². The number of carboxylic acid groups (broad SMARTS) is 1. The van der Waals surface area contributed by atoms with Gasteiger partial charge in [0.05, 0.1) is 12.2 Å². The molecule has 1 aliphatic rings. The van der Waals surface area contributed by atoms with Crippen molar-refractivity contribution in [2.45, 2.75) is 38.1 Å². The zero-order valence-electron chi connectivity index (χ0n) is 13.6. The highest BCUT2D eigenvalue weighted by atomic mass is 16.5. The maximum atomic E-state index is 12.1. The van der Waals surface area contributed by atoms with Gasteiger partial charge in [0, 0.05) is 13.0 Å². The number of rotatable bonds is 9. The van der Waals surface area contributed by atoms with Gasteiger partial charge in [0.2, 0.25) is 5.91 Å². The lowest BCUT2D eigenvalue weighted by atomic mass is 10.2. The van der Waals surface area contributed by atoms with E-state index in [1.165, 1.54) is 0 Å². The Balaban J connectivity index is 1.73. The molecule has 130 valence electrons. The third kappa shape index (κ3) is 4.47. The van der Waals surface area contributed by atoms with Crippen LogP contribution in [0.15, 0.2) is 24.3 Å². The molecule has 0 saturated heterocycles. The number of hydrogen-bond acceptors (Lipinski definition) is 4. The van der Waals surface area contributed by atoms with E-state index < -0.39 is 11.5 Å². The molecule has 24 heavy (non-hydrogen) atoms. The number of carbonyl (C=O) groups excluding carboxylic acids is 2. The van der Waals surface area contributed by atoms with E-state index in [1.54, 1.807) is 24.3 Å². The van der Waals surface area contributed by atoms with Crippen LogP contribution in [-0.4, -0.2) is 41.6 Å². The van der Waals surface area contributed by atoms with E-state index in [2.05, 4.69) is 10.6 Å². The van der Waals surface area contributed by atoms with Gasteiger partial charge in [0.1, 0.15) is 11.3 Å². The number of aliphatic carboxylic acids is 1. The Bertz CT molecular complexity index is 625. The summed E-state index contributed by atoms with van der Waals surface area (Å²) in [5.41, 5.74) is -0.608. The van der Waals surface area contributed by atoms with E-state index in [0.717, 1.165) is 0 Å². The quantitative estimate of drug-likeness (QED) is 0.591. The molecule has 1 fully saturated rings. The number of amides is 2. The summed E-state index contributed by atoms with van der Waals surface area (Å²) in [4.78, 5) is 34.9. The first-order chi connectivity index (χ1) is 11.5. The zero-order valence-corrected chi connectivity index (χ0v) is 13.6. The largest absolute Gasteiger partial charge is 0.493 e. The number of carboxylic acids is 1. The summed E-state index contributed by atoms with van der Waals surface area (Å²) in [5, 5.41) is 14.3. The summed E-state index contributed by atoms with van der Waals surface area (Å²) in [6.45, 7) is 2.64. The average molecular weight is 334 g/mol. The van der Waals surface area contributed by atoms with Crippen LogP contribution in [0.2, 0.25) is 0 Å². The molecule has 0 heterocycles. The maximum Gasteiger partial charge on any atom is 0.329 e. The van der Waals surface area contributed by atoms with Crippen LogP contribution in [0.4, 0.5) is 0 Å². The third-order valence-corrected chi connectivity index (χ3v) is 3.84. The van der Waals surface area contributed by atoms with Crippen molar-refractivity contribution in [1.82, 2.24) is 10.6 Å². The molecule has 0 aromatic heterocycles. The minimum absolute atomic E-state index is 0.169. The first-order valence-electron chi connectivity index (χ1n) is 8.03. The van der Waals surface area contributed by atoms with Crippen molar-refractivity contribution in [2.75, 3.05) is 13.2 Å². The number of para-hydroxylation sites is 1. The fourth-order valence-electron chi connectivity index (χ4n) is 2.33. The van der Waals surface area contributed by atoms with E-state index in [9.17, 15) is 14.4 Å². The van der Waals surface area contributed by atoms with Gasteiger partial charge in [-0.25, -0.2) is 4.79 Å². The second-order valence-corrected chi connectivity index (χ2v) is 5.72. The molecular weight excluding hydrogens is 312 g/mol. The lowest BCUT2D eigenvalue weighted by molar-refractivity contribution is -0.143. The van der Waals surface area contributed by atoms with E-state index in [4.69, 9.17) is 9.84 Å². The van der Waals surface area contributed by atoms with E-state index in [1.807, 2.05) is 6.92 Å². The highest BCUT2D eigenvalue weighted by molar-refractivity contribution is 5.97. The van der Waals surface area contributed by atoms with Crippen molar-refractivity contribution in [3.8, 4) is 5.75 Å². The normalized spacial score (nSPS) is 14.5. The number of nitrogens with one attached hydrogen (secondary N) is 2. The summed E-state index contributed by atoms with van der Waals surface area (Å²) >= 11 is 0. The van der Waals surface area contributed by atoms with Gasteiger partial charge in [-0.1, -0.05) is 12.1 Å². The second-order valence-electron chi connectivity index (χ2n) is 5.72. The molecule has 0 spiro atoms. The van der Waals surface area contributed by atoms with Crippen LogP contribution in [0.1, 0.15) is 43.0 Å². The molecule has 1 saturated carbocycles. The Labute approximate surface area is 140 Å². The van der Waals surface area contributed by atoms with Gasteiger partial charge >= 0.3 is 5.97 Å². The number of benzene rings is 1. The predicted octanol–water partition coefficient (Wildman–Crippen LogP) is 1.33. The van der Waals surface area contributed by atoms with Gasteiger partial charge in [-0.3, -0.25) is 9.59 Å².